The maximum absolute atomic E-state index is 12.8. The molecule has 0 fully saturated rings. The zero-order valence-electron chi connectivity index (χ0n) is 19.3. The Kier molecular flexibility index (Phi) is 8.50. The van der Waals surface area contributed by atoms with Gasteiger partial charge in [-0.05, 0) is 46.9 Å². The predicted molar refractivity (Wildman–Crippen MR) is 115 cm³/mol. The molecule has 0 bridgehead atoms. The standard InChI is InChI=1S/C24H27F5O5/c1-5-22(3,4)12-15(2)21(31)34-19-9-7-16-10-18(8-6-17(16)11-19)32-13-20(30)33-14-23(25,26)24(27,28)29/h6-11,15H,5,12-14H2,1-4H3. The molecule has 0 amide bonds. The lowest BCUT2D eigenvalue weighted by Crippen LogP contribution is -2.41. The maximum Gasteiger partial charge on any atom is 0.456 e. The number of esters is 2. The maximum atomic E-state index is 12.8. The fourth-order valence-corrected chi connectivity index (χ4v) is 3.07. The Morgan fingerprint density at radius 2 is 1.50 bits per heavy atom. The number of hydrogen-bond donors (Lipinski definition) is 0. The second-order valence-corrected chi connectivity index (χ2v) is 8.87. The van der Waals surface area contributed by atoms with Crippen LogP contribution >= 0.6 is 0 Å². The van der Waals surface area contributed by atoms with E-state index in [1.165, 1.54) is 12.1 Å². The normalized spacial score (nSPS) is 13.4. The minimum atomic E-state index is -5.82. The summed E-state index contributed by atoms with van der Waals surface area (Å²) in [5.41, 5.74) is 0.0177. The van der Waals surface area contributed by atoms with Crippen LogP contribution in [0.3, 0.4) is 0 Å². The molecule has 34 heavy (non-hydrogen) atoms. The summed E-state index contributed by atoms with van der Waals surface area (Å²) in [6, 6.07) is 9.53. The van der Waals surface area contributed by atoms with Crippen molar-refractivity contribution in [3.05, 3.63) is 36.4 Å². The number of ether oxygens (including phenoxy) is 3. The van der Waals surface area contributed by atoms with Gasteiger partial charge in [0.25, 0.3) is 0 Å². The molecule has 0 aromatic heterocycles. The summed E-state index contributed by atoms with van der Waals surface area (Å²) in [5, 5.41) is 1.36. The Hall–Kier alpha value is -2.91. The molecule has 2 rings (SSSR count). The van der Waals surface area contributed by atoms with Gasteiger partial charge in [-0.15, -0.1) is 0 Å². The highest BCUT2D eigenvalue weighted by Gasteiger charge is 2.58. The van der Waals surface area contributed by atoms with Crippen LogP contribution in [0.5, 0.6) is 11.5 Å². The Labute approximate surface area is 194 Å². The molecule has 1 unspecified atom stereocenters. The van der Waals surface area contributed by atoms with Crippen LogP contribution in [0.2, 0.25) is 0 Å². The third-order valence-corrected chi connectivity index (χ3v) is 5.41. The fraction of sp³-hybridized carbons (Fsp3) is 0.500. The lowest BCUT2D eigenvalue weighted by atomic mass is 9.81. The molecule has 0 radical (unpaired) electrons. The van der Waals surface area contributed by atoms with Crippen LogP contribution in [0.25, 0.3) is 10.8 Å². The van der Waals surface area contributed by atoms with Crippen LogP contribution in [0.4, 0.5) is 22.0 Å². The molecule has 0 saturated heterocycles. The lowest BCUT2D eigenvalue weighted by molar-refractivity contribution is -0.294. The lowest BCUT2D eigenvalue weighted by Gasteiger charge is -2.25. The summed E-state index contributed by atoms with van der Waals surface area (Å²) in [4.78, 5) is 23.9. The van der Waals surface area contributed by atoms with Crippen LogP contribution in [-0.2, 0) is 14.3 Å². The van der Waals surface area contributed by atoms with E-state index in [9.17, 15) is 31.5 Å². The number of halogens is 5. The SMILES string of the molecule is CCC(C)(C)CC(C)C(=O)Oc1ccc2cc(OCC(=O)OCC(F)(F)C(F)(F)F)ccc2c1. The Morgan fingerprint density at radius 1 is 0.941 bits per heavy atom. The van der Waals surface area contributed by atoms with Crippen LogP contribution in [-0.4, -0.2) is 37.3 Å². The second kappa shape index (κ2) is 10.6. The topological polar surface area (TPSA) is 61.8 Å². The van der Waals surface area contributed by atoms with Crippen molar-refractivity contribution in [3.8, 4) is 11.5 Å². The van der Waals surface area contributed by atoms with Gasteiger partial charge in [-0.25, -0.2) is 4.79 Å². The molecular weight excluding hydrogens is 463 g/mol. The largest absolute Gasteiger partial charge is 0.482 e. The first kappa shape index (κ1) is 27.3. The molecule has 0 spiro atoms. The summed E-state index contributed by atoms with van der Waals surface area (Å²) in [6.07, 6.45) is -4.19. The van der Waals surface area contributed by atoms with Gasteiger partial charge < -0.3 is 14.2 Å². The molecule has 0 N–H and O–H groups in total. The van der Waals surface area contributed by atoms with Gasteiger partial charge in [0, 0.05) is 0 Å². The quantitative estimate of drug-likeness (QED) is 0.221. The smallest absolute Gasteiger partial charge is 0.456 e. The van der Waals surface area contributed by atoms with E-state index in [-0.39, 0.29) is 23.1 Å². The molecule has 0 aliphatic rings. The monoisotopic (exact) mass is 490 g/mol. The molecule has 0 saturated carbocycles. The number of rotatable bonds is 10. The Balaban J connectivity index is 1.95. The van der Waals surface area contributed by atoms with E-state index in [4.69, 9.17) is 9.47 Å². The molecule has 188 valence electrons. The summed E-state index contributed by atoms with van der Waals surface area (Å²) in [7, 11) is 0. The Bertz CT molecular complexity index is 1020. The first-order valence-electron chi connectivity index (χ1n) is 10.6. The van der Waals surface area contributed by atoms with Crippen molar-refractivity contribution in [1.82, 2.24) is 0 Å². The van der Waals surface area contributed by atoms with Gasteiger partial charge in [-0.2, -0.15) is 22.0 Å². The van der Waals surface area contributed by atoms with E-state index in [2.05, 4.69) is 25.5 Å². The molecule has 1 atom stereocenters. The summed E-state index contributed by atoms with van der Waals surface area (Å²) >= 11 is 0. The second-order valence-electron chi connectivity index (χ2n) is 8.87. The molecule has 2 aromatic carbocycles. The highest BCUT2D eigenvalue weighted by atomic mass is 19.4. The molecular formula is C24H27F5O5. The molecule has 0 heterocycles. The van der Waals surface area contributed by atoms with Gasteiger partial charge in [-0.3, -0.25) is 4.79 Å². The highest BCUT2D eigenvalue weighted by molar-refractivity contribution is 5.86. The number of fused-ring (bicyclic) bond motifs is 1. The fourth-order valence-electron chi connectivity index (χ4n) is 3.07. The molecule has 2 aromatic rings. The average Bonchev–Trinajstić information content (AvgIpc) is 2.75. The predicted octanol–water partition coefficient (Wildman–Crippen LogP) is 6.33. The van der Waals surface area contributed by atoms with Crippen molar-refractivity contribution < 1.29 is 45.8 Å². The van der Waals surface area contributed by atoms with Crippen LogP contribution in [0.1, 0.15) is 40.5 Å². The van der Waals surface area contributed by atoms with Gasteiger partial charge in [-0.1, -0.05) is 46.2 Å². The molecule has 0 aliphatic carbocycles. The third-order valence-electron chi connectivity index (χ3n) is 5.41. The molecule has 10 heteroatoms. The van der Waals surface area contributed by atoms with Gasteiger partial charge in [0.1, 0.15) is 11.5 Å². The molecule has 5 nitrogen and oxygen atoms in total. The van der Waals surface area contributed by atoms with E-state index in [0.717, 1.165) is 6.42 Å². The summed E-state index contributed by atoms with van der Waals surface area (Å²) in [6.45, 7) is 5.09. The van der Waals surface area contributed by atoms with Crippen molar-refractivity contribution in [2.75, 3.05) is 13.2 Å². The number of hydrogen-bond acceptors (Lipinski definition) is 5. The van der Waals surface area contributed by atoms with Gasteiger partial charge >= 0.3 is 24.0 Å². The van der Waals surface area contributed by atoms with Crippen molar-refractivity contribution in [3.63, 3.8) is 0 Å². The average molecular weight is 490 g/mol. The van der Waals surface area contributed by atoms with E-state index in [0.29, 0.717) is 22.9 Å². The van der Waals surface area contributed by atoms with E-state index in [1.54, 1.807) is 24.3 Å². The van der Waals surface area contributed by atoms with Crippen molar-refractivity contribution in [2.45, 2.75) is 52.6 Å². The number of carbonyl (C=O) groups is 2. The summed E-state index contributed by atoms with van der Waals surface area (Å²) in [5.74, 6) is -6.59. The first-order valence-corrected chi connectivity index (χ1v) is 10.6. The minimum Gasteiger partial charge on any atom is -0.482 e. The van der Waals surface area contributed by atoms with E-state index in [1.807, 2.05) is 6.92 Å². The van der Waals surface area contributed by atoms with Gasteiger partial charge in [0.05, 0.1) is 5.92 Å². The minimum absolute atomic E-state index is 0.0177. The van der Waals surface area contributed by atoms with Crippen molar-refractivity contribution in [2.24, 2.45) is 11.3 Å². The van der Waals surface area contributed by atoms with Crippen LogP contribution < -0.4 is 9.47 Å². The van der Waals surface area contributed by atoms with Crippen LogP contribution in [0.15, 0.2) is 36.4 Å². The van der Waals surface area contributed by atoms with E-state index < -0.39 is 31.3 Å². The number of alkyl halides is 5. The van der Waals surface area contributed by atoms with E-state index >= 15 is 0 Å². The number of carbonyl (C=O) groups excluding carboxylic acids is 2. The first-order chi connectivity index (χ1) is 15.6. The Morgan fingerprint density at radius 3 is 2.06 bits per heavy atom. The van der Waals surface area contributed by atoms with Crippen molar-refractivity contribution >= 4 is 22.7 Å². The van der Waals surface area contributed by atoms with Crippen LogP contribution in [0, 0.1) is 11.3 Å². The van der Waals surface area contributed by atoms with Crippen molar-refractivity contribution in [1.29, 1.82) is 0 Å². The number of benzene rings is 2. The third kappa shape index (κ3) is 7.56. The zero-order valence-corrected chi connectivity index (χ0v) is 19.3. The van der Waals surface area contributed by atoms with Gasteiger partial charge in [0.15, 0.2) is 13.2 Å². The zero-order chi connectivity index (χ0) is 25.7. The molecule has 0 aliphatic heterocycles. The highest BCUT2D eigenvalue weighted by Crippen LogP contribution is 2.35. The summed E-state index contributed by atoms with van der Waals surface area (Å²) < 4.78 is 76.5. The van der Waals surface area contributed by atoms with Gasteiger partial charge in [0.2, 0.25) is 0 Å².